The number of hydrogen-bond acceptors (Lipinski definition) is 5. The van der Waals surface area contributed by atoms with Gasteiger partial charge in [-0.15, -0.1) is 0 Å². The standard InChI is InChI=1S/C13H14N2O4/c1-8-4-5-10-9(6-8)12(14-19-3)13(17)15(10)7-11(16)18-2/h4-6H,7H2,1-3H3. The van der Waals surface area contributed by atoms with E-state index in [-0.39, 0.29) is 18.2 Å². The molecule has 1 aliphatic rings. The molecule has 0 atom stereocenters. The lowest BCUT2D eigenvalue weighted by Gasteiger charge is -2.14. The van der Waals surface area contributed by atoms with Gasteiger partial charge in [-0.25, -0.2) is 0 Å². The Kier molecular flexibility index (Phi) is 3.50. The molecular weight excluding hydrogens is 248 g/mol. The lowest BCUT2D eigenvalue weighted by atomic mass is 10.1. The maximum atomic E-state index is 12.2. The molecule has 1 amide bonds. The first-order chi connectivity index (χ1) is 9.08. The number of esters is 1. The van der Waals surface area contributed by atoms with Gasteiger partial charge in [0.2, 0.25) is 0 Å². The van der Waals surface area contributed by atoms with Crippen LogP contribution in [0.4, 0.5) is 5.69 Å². The Morgan fingerprint density at radius 3 is 2.74 bits per heavy atom. The summed E-state index contributed by atoms with van der Waals surface area (Å²) in [6.07, 6.45) is 0. The smallest absolute Gasteiger partial charge is 0.325 e. The minimum absolute atomic E-state index is 0.145. The van der Waals surface area contributed by atoms with E-state index in [0.717, 1.165) is 5.56 Å². The third-order valence-electron chi connectivity index (χ3n) is 2.84. The number of benzene rings is 1. The minimum atomic E-state index is -0.487. The van der Waals surface area contributed by atoms with Gasteiger partial charge in [0.25, 0.3) is 5.91 Å². The highest BCUT2D eigenvalue weighted by atomic mass is 16.6. The van der Waals surface area contributed by atoms with Crippen molar-refractivity contribution in [2.24, 2.45) is 5.16 Å². The number of oxime groups is 1. The summed E-state index contributed by atoms with van der Waals surface area (Å²) in [7, 11) is 2.65. The Labute approximate surface area is 110 Å². The number of rotatable bonds is 3. The SMILES string of the molecule is CON=C1C(=O)N(CC(=O)OC)c2ccc(C)cc21. The molecule has 0 spiro atoms. The van der Waals surface area contributed by atoms with E-state index >= 15 is 0 Å². The summed E-state index contributed by atoms with van der Waals surface area (Å²) in [6.45, 7) is 1.77. The molecule has 1 aromatic rings. The molecule has 0 unspecified atom stereocenters. The third kappa shape index (κ3) is 2.29. The van der Waals surface area contributed by atoms with Crippen LogP contribution in [0.15, 0.2) is 23.4 Å². The summed E-state index contributed by atoms with van der Waals surface area (Å²) in [5, 5.41) is 3.74. The molecule has 1 heterocycles. The lowest BCUT2D eigenvalue weighted by Crippen LogP contribution is -2.35. The largest absolute Gasteiger partial charge is 0.468 e. The van der Waals surface area contributed by atoms with Crippen molar-refractivity contribution in [3.05, 3.63) is 29.3 Å². The Hall–Kier alpha value is -2.37. The van der Waals surface area contributed by atoms with Crippen LogP contribution in [0.5, 0.6) is 0 Å². The Balaban J connectivity index is 2.47. The monoisotopic (exact) mass is 262 g/mol. The number of anilines is 1. The zero-order chi connectivity index (χ0) is 14.0. The van der Waals surface area contributed by atoms with Crippen molar-refractivity contribution in [2.45, 2.75) is 6.92 Å². The van der Waals surface area contributed by atoms with E-state index in [1.807, 2.05) is 19.1 Å². The van der Waals surface area contributed by atoms with Crippen molar-refractivity contribution < 1.29 is 19.2 Å². The second kappa shape index (κ2) is 5.09. The first-order valence-corrected chi connectivity index (χ1v) is 5.69. The van der Waals surface area contributed by atoms with Gasteiger partial charge in [0.15, 0.2) is 5.71 Å². The number of ether oxygens (including phenoxy) is 1. The fourth-order valence-corrected chi connectivity index (χ4v) is 1.96. The molecule has 0 aromatic heterocycles. The Bertz CT molecular complexity index is 566. The quantitative estimate of drug-likeness (QED) is 0.598. The van der Waals surface area contributed by atoms with Crippen molar-refractivity contribution in [1.29, 1.82) is 0 Å². The number of amides is 1. The summed E-state index contributed by atoms with van der Waals surface area (Å²) in [5.41, 5.74) is 2.49. The van der Waals surface area contributed by atoms with E-state index in [9.17, 15) is 9.59 Å². The van der Waals surface area contributed by atoms with Crippen LogP contribution in [0.25, 0.3) is 0 Å². The van der Waals surface area contributed by atoms with Gasteiger partial charge in [0.05, 0.1) is 12.8 Å². The van der Waals surface area contributed by atoms with Gasteiger partial charge in [-0.05, 0) is 19.1 Å². The van der Waals surface area contributed by atoms with Crippen LogP contribution in [0.2, 0.25) is 0 Å². The summed E-state index contributed by atoms with van der Waals surface area (Å²) in [4.78, 5) is 29.6. The molecule has 0 saturated heterocycles. The molecular formula is C13H14N2O4. The van der Waals surface area contributed by atoms with E-state index in [2.05, 4.69) is 9.89 Å². The fourth-order valence-electron chi connectivity index (χ4n) is 1.96. The number of carbonyl (C=O) groups is 2. The second-order valence-electron chi connectivity index (χ2n) is 4.11. The van der Waals surface area contributed by atoms with Gasteiger partial charge in [-0.1, -0.05) is 16.8 Å². The molecule has 0 bridgehead atoms. The molecule has 100 valence electrons. The molecule has 0 fully saturated rings. The van der Waals surface area contributed by atoms with Crippen LogP contribution >= 0.6 is 0 Å². The molecule has 0 radical (unpaired) electrons. The van der Waals surface area contributed by atoms with E-state index in [1.165, 1.54) is 19.1 Å². The number of fused-ring (bicyclic) bond motifs is 1. The molecule has 6 heteroatoms. The Morgan fingerprint density at radius 2 is 2.11 bits per heavy atom. The summed E-state index contributed by atoms with van der Waals surface area (Å²) in [6, 6.07) is 5.48. The van der Waals surface area contributed by atoms with Crippen LogP contribution < -0.4 is 4.90 Å². The first-order valence-electron chi connectivity index (χ1n) is 5.69. The zero-order valence-electron chi connectivity index (χ0n) is 11.0. The molecule has 0 N–H and O–H groups in total. The normalized spacial score (nSPS) is 15.6. The van der Waals surface area contributed by atoms with Gasteiger partial charge in [0.1, 0.15) is 13.7 Å². The van der Waals surface area contributed by atoms with E-state index in [0.29, 0.717) is 11.3 Å². The number of hydrogen-bond donors (Lipinski definition) is 0. The molecule has 6 nitrogen and oxygen atoms in total. The third-order valence-corrected chi connectivity index (χ3v) is 2.84. The van der Waals surface area contributed by atoms with Gasteiger partial charge in [-0.2, -0.15) is 0 Å². The first kappa shape index (κ1) is 13.1. The average Bonchev–Trinajstić information content (AvgIpc) is 2.64. The molecule has 0 saturated carbocycles. The molecule has 1 aromatic carbocycles. The van der Waals surface area contributed by atoms with E-state index in [4.69, 9.17) is 4.84 Å². The highest BCUT2D eigenvalue weighted by Gasteiger charge is 2.36. The van der Waals surface area contributed by atoms with Gasteiger partial charge < -0.3 is 9.57 Å². The topological polar surface area (TPSA) is 68.2 Å². The predicted octanol–water partition coefficient (Wildman–Crippen LogP) is 0.865. The van der Waals surface area contributed by atoms with Crippen LogP contribution in [0.3, 0.4) is 0 Å². The van der Waals surface area contributed by atoms with Gasteiger partial charge in [0, 0.05) is 5.56 Å². The maximum absolute atomic E-state index is 12.2. The summed E-state index contributed by atoms with van der Waals surface area (Å²) >= 11 is 0. The molecule has 2 rings (SSSR count). The zero-order valence-corrected chi connectivity index (χ0v) is 11.0. The van der Waals surface area contributed by atoms with E-state index < -0.39 is 5.97 Å². The highest BCUT2D eigenvalue weighted by molar-refractivity contribution is 6.54. The van der Waals surface area contributed by atoms with Crippen molar-refractivity contribution in [3.63, 3.8) is 0 Å². The fraction of sp³-hybridized carbons (Fsp3) is 0.308. The lowest BCUT2D eigenvalue weighted by molar-refractivity contribution is -0.139. The van der Waals surface area contributed by atoms with Crippen LogP contribution in [-0.4, -0.2) is 38.4 Å². The predicted molar refractivity (Wildman–Crippen MR) is 69.1 cm³/mol. The summed E-state index contributed by atoms with van der Waals surface area (Å²) < 4.78 is 4.59. The van der Waals surface area contributed by atoms with Crippen molar-refractivity contribution >= 4 is 23.3 Å². The summed E-state index contributed by atoms with van der Waals surface area (Å²) in [5.74, 6) is -0.855. The van der Waals surface area contributed by atoms with Crippen LogP contribution in [0, 0.1) is 6.92 Å². The van der Waals surface area contributed by atoms with Crippen LogP contribution in [-0.2, 0) is 19.2 Å². The minimum Gasteiger partial charge on any atom is -0.468 e. The van der Waals surface area contributed by atoms with Crippen molar-refractivity contribution in [2.75, 3.05) is 25.7 Å². The van der Waals surface area contributed by atoms with Gasteiger partial charge in [-0.3, -0.25) is 14.5 Å². The van der Waals surface area contributed by atoms with E-state index in [1.54, 1.807) is 6.07 Å². The average molecular weight is 262 g/mol. The van der Waals surface area contributed by atoms with Crippen LogP contribution in [0.1, 0.15) is 11.1 Å². The van der Waals surface area contributed by atoms with Crippen molar-refractivity contribution in [3.8, 4) is 0 Å². The highest BCUT2D eigenvalue weighted by Crippen LogP contribution is 2.30. The number of aryl methyl sites for hydroxylation is 1. The number of nitrogens with zero attached hydrogens (tertiary/aromatic N) is 2. The maximum Gasteiger partial charge on any atom is 0.325 e. The molecule has 1 aliphatic heterocycles. The number of methoxy groups -OCH3 is 1. The second-order valence-corrected chi connectivity index (χ2v) is 4.11. The van der Waals surface area contributed by atoms with Gasteiger partial charge >= 0.3 is 5.97 Å². The molecule has 0 aliphatic carbocycles. The number of carbonyl (C=O) groups excluding carboxylic acids is 2. The van der Waals surface area contributed by atoms with Crippen molar-refractivity contribution in [1.82, 2.24) is 0 Å². The Morgan fingerprint density at radius 1 is 1.37 bits per heavy atom. The molecule has 19 heavy (non-hydrogen) atoms.